The number of halogens is 2. The van der Waals surface area contributed by atoms with Gasteiger partial charge in [-0.3, -0.25) is 14.4 Å². The number of esters is 1. The molecule has 0 fully saturated rings. The lowest BCUT2D eigenvalue weighted by molar-refractivity contribution is -0.172. The topological polar surface area (TPSA) is 151 Å². The molecule has 3 aromatic rings. The zero-order chi connectivity index (χ0) is 32.2. The molecule has 1 unspecified atom stereocenters. The molecule has 11 nitrogen and oxygen atoms in total. The Hall–Kier alpha value is -3.87. The third-order valence-corrected chi connectivity index (χ3v) is 9.59. The minimum Gasteiger partial charge on any atom is -0.458 e. The van der Waals surface area contributed by atoms with E-state index in [0.29, 0.717) is 58.2 Å². The van der Waals surface area contributed by atoms with Crippen LogP contribution in [0, 0.1) is 5.82 Å². The van der Waals surface area contributed by atoms with Crippen molar-refractivity contribution in [3.8, 4) is 11.4 Å². The summed E-state index contributed by atoms with van der Waals surface area (Å²) in [6, 6.07) is 2.23. The molecule has 0 saturated carbocycles. The van der Waals surface area contributed by atoms with Crippen molar-refractivity contribution in [2.75, 3.05) is 19.7 Å². The van der Waals surface area contributed by atoms with Gasteiger partial charge >= 0.3 is 5.97 Å². The second-order valence-corrected chi connectivity index (χ2v) is 12.2. The molecule has 6 rings (SSSR count). The van der Waals surface area contributed by atoms with Gasteiger partial charge in [-0.05, 0) is 42.9 Å². The SMILES string of the molecule is CCCCC(=O)N(CCO)CC(=O)NC1CCc2c(Cl)c(F)cc3nc4c(c1c23)Cn1c-4cc2c(c1=O)COC(=O)[C@]2(O)CC. The van der Waals surface area contributed by atoms with Gasteiger partial charge in [0.15, 0.2) is 5.60 Å². The quantitative estimate of drug-likeness (QED) is 0.236. The number of pyridine rings is 2. The van der Waals surface area contributed by atoms with Crippen molar-refractivity contribution in [3.05, 3.63) is 61.1 Å². The number of fused-ring (bicyclic) bond motifs is 5. The zero-order valence-electron chi connectivity index (χ0n) is 25.0. The van der Waals surface area contributed by atoms with Crippen molar-refractivity contribution in [1.82, 2.24) is 19.8 Å². The van der Waals surface area contributed by atoms with E-state index in [9.17, 15) is 29.4 Å². The van der Waals surface area contributed by atoms with Crippen molar-refractivity contribution in [2.45, 2.75) is 77.2 Å². The van der Waals surface area contributed by atoms with Gasteiger partial charge in [0.2, 0.25) is 11.8 Å². The molecule has 0 radical (unpaired) electrons. The maximum atomic E-state index is 15.0. The number of hydrogen-bond acceptors (Lipinski definition) is 8. The average molecular weight is 641 g/mol. The molecule has 0 spiro atoms. The number of unbranched alkanes of at least 4 members (excludes halogenated alkanes) is 1. The number of carbonyl (C=O) groups is 3. The summed E-state index contributed by atoms with van der Waals surface area (Å²) in [4.78, 5) is 58.6. The Morgan fingerprint density at radius 3 is 2.73 bits per heavy atom. The summed E-state index contributed by atoms with van der Waals surface area (Å²) in [5, 5.41) is 24.3. The van der Waals surface area contributed by atoms with Crippen molar-refractivity contribution in [3.63, 3.8) is 0 Å². The Morgan fingerprint density at radius 2 is 2.02 bits per heavy atom. The van der Waals surface area contributed by atoms with Gasteiger partial charge in [0.05, 0.1) is 53.2 Å². The fourth-order valence-electron chi connectivity index (χ4n) is 6.81. The van der Waals surface area contributed by atoms with Crippen LogP contribution in [0.15, 0.2) is 16.9 Å². The van der Waals surface area contributed by atoms with Crippen LogP contribution in [0.25, 0.3) is 22.3 Å². The minimum absolute atomic E-state index is 0.0135. The van der Waals surface area contributed by atoms with E-state index in [4.69, 9.17) is 21.3 Å². The standard InChI is InChI=1S/C32H34ClFN4O7/c1-3-5-6-25(41)37(9-10-39)14-24(40)35-21-8-7-16-26-22(12-20(34)28(16)33)36-29-17(27(21)26)13-38-23(29)11-19-18(30(38)42)15-45-31(43)32(19,44)4-2/h11-12,21,39,44H,3-10,13-15H2,1-2H3,(H,35,40)/t21?,32-/m0/s1. The number of rotatable bonds is 9. The number of aliphatic hydroxyl groups is 2. The fourth-order valence-corrected chi connectivity index (χ4v) is 7.05. The Balaban J connectivity index is 1.46. The van der Waals surface area contributed by atoms with E-state index in [2.05, 4.69) is 5.32 Å². The normalized spacial score (nSPS) is 19.5. The summed E-state index contributed by atoms with van der Waals surface area (Å²) in [5.41, 5.74) is 0.746. The Kier molecular flexibility index (Phi) is 8.17. The highest BCUT2D eigenvalue weighted by molar-refractivity contribution is 6.32. The molecule has 3 aliphatic rings. The number of aryl methyl sites for hydroxylation is 1. The summed E-state index contributed by atoms with van der Waals surface area (Å²) in [6.07, 6.45) is 2.46. The Labute approximate surface area is 262 Å². The monoisotopic (exact) mass is 640 g/mol. The molecule has 2 atom stereocenters. The lowest BCUT2D eigenvalue weighted by atomic mass is 9.83. The molecule has 0 saturated heterocycles. The molecule has 2 aliphatic heterocycles. The second-order valence-electron chi connectivity index (χ2n) is 11.8. The third-order valence-electron chi connectivity index (χ3n) is 9.18. The first-order valence-electron chi connectivity index (χ1n) is 15.2. The van der Waals surface area contributed by atoms with Gasteiger partial charge < -0.3 is 29.7 Å². The molecule has 238 valence electrons. The molecule has 2 aromatic heterocycles. The molecular weight excluding hydrogens is 607 g/mol. The van der Waals surface area contributed by atoms with E-state index < -0.39 is 34.9 Å². The van der Waals surface area contributed by atoms with E-state index in [0.717, 1.165) is 6.42 Å². The van der Waals surface area contributed by atoms with E-state index in [1.807, 2.05) is 6.92 Å². The van der Waals surface area contributed by atoms with E-state index in [-0.39, 0.29) is 67.7 Å². The number of aliphatic hydroxyl groups excluding tert-OH is 1. The van der Waals surface area contributed by atoms with E-state index in [1.165, 1.54) is 15.5 Å². The molecule has 13 heteroatoms. The van der Waals surface area contributed by atoms with Crippen molar-refractivity contribution in [1.29, 1.82) is 0 Å². The highest BCUT2D eigenvalue weighted by Crippen LogP contribution is 2.46. The molecular formula is C32H34ClFN4O7. The van der Waals surface area contributed by atoms with Crippen LogP contribution in [0.5, 0.6) is 0 Å². The molecule has 45 heavy (non-hydrogen) atoms. The lowest BCUT2D eigenvalue weighted by Crippen LogP contribution is -2.44. The fraction of sp³-hybridized carbons (Fsp3) is 0.469. The number of carbonyl (C=O) groups excluding carboxylic acids is 3. The molecule has 1 aliphatic carbocycles. The Morgan fingerprint density at radius 1 is 1.24 bits per heavy atom. The number of ether oxygens (including phenoxy) is 1. The van der Waals surface area contributed by atoms with Crippen LogP contribution < -0.4 is 10.9 Å². The first-order chi connectivity index (χ1) is 21.5. The predicted octanol–water partition coefficient (Wildman–Crippen LogP) is 2.99. The number of cyclic esters (lactones) is 1. The minimum atomic E-state index is -2.01. The number of benzene rings is 1. The highest BCUT2D eigenvalue weighted by Gasteiger charge is 2.46. The first-order valence-corrected chi connectivity index (χ1v) is 15.6. The summed E-state index contributed by atoms with van der Waals surface area (Å²) in [7, 11) is 0. The second kappa shape index (κ2) is 11.8. The van der Waals surface area contributed by atoms with Crippen LogP contribution in [-0.4, -0.2) is 62.1 Å². The number of amides is 2. The zero-order valence-corrected chi connectivity index (χ0v) is 25.8. The van der Waals surface area contributed by atoms with Crippen LogP contribution in [0.2, 0.25) is 5.02 Å². The third kappa shape index (κ3) is 4.99. The van der Waals surface area contributed by atoms with Crippen molar-refractivity contribution < 1.29 is 33.7 Å². The number of aromatic nitrogens is 2. The van der Waals surface area contributed by atoms with Gasteiger partial charge in [-0.15, -0.1) is 0 Å². The number of nitrogens with one attached hydrogen (secondary N) is 1. The van der Waals surface area contributed by atoms with Crippen LogP contribution >= 0.6 is 11.6 Å². The van der Waals surface area contributed by atoms with Crippen LogP contribution in [0.4, 0.5) is 4.39 Å². The van der Waals surface area contributed by atoms with Gasteiger partial charge in [-0.1, -0.05) is 31.9 Å². The van der Waals surface area contributed by atoms with Crippen LogP contribution in [0.3, 0.4) is 0 Å². The van der Waals surface area contributed by atoms with Gasteiger partial charge in [-0.25, -0.2) is 14.2 Å². The first kappa shape index (κ1) is 31.1. The maximum absolute atomic E-state index is 15.0. The summed E-state index contributed by atoms with van der Waals surface area (Å²) >= 11 is 6.44. The predicted molar refractivity (Wildman–Crippen MR) is 162 cm³/mol. The maximum Gasteiger partial charge on any atom is 0.343 e. The molecule has 0 bridgehead atoms. The molecule has 2 amide bonds. The summed E-state index contributed by atoms with van der Waals surface area (Å²) in [5.74, 6) is -2.14. The average Bonchev–Trinajstić information content (AvgIpc) is 3.39. The van der Waals surface area contributed by atoms with Crippen molar-refractivity contribution in [2.24, 2.45) is 0 Å². The van der Waals surface area contributed by atoms with Gasteiger partial charge in [0.25, 0.3) is 5.56 Å². The number of nitrogens with zero attached hydrogens (tertiary/aromatic N) is 3. The lowest BCUT2D eigenvalue weighted by Gasteiger charge is -2.31. The van der Waals surface area contributed by atoms with E-state index >= 15 is 4.39 Å². The van der Waals surface area contributed by atoms with Gasteiger partial charge in [-0.2, -0.15) is 0 Å². The van der Waals surface area contributed by atoms with Gasteiger partial charge in [0, 0.05) is 35.5 Å². The Bertz CT molecular complexity index is 1830. The largest absolute Gasteiger partial charge is 0.458 e. The molecule has 3 N–H and O–H groups in total. The summed E-state index contributed by atoms with van der Waals surface area (Å²) in [6.45, 7) is 2.87. The molecule has 1 aromatic carbocycles. The highest BCUT2D eigenvalue weighted by atomic mass is 35.5. The number of hydrogen-bond donors (Lipinski definition) is 3. The van der Waals surface area contributed by atoms with E-state index in [1.54, 1.807) is 13.0 Å². The van der Waals surface area contributed by atoms with Crippen LogP contribution in [0.1, 0.15) is 79.8 Å². The van der Waals surface area contributed by atoms with Crippen LogP contribution in [-0.2, 0) is 44.3 Å². The van der Waals surface area contributed by atoms with Crippen molar-refractivity contribution >= 4 is 40.3 Å². The smallest absolute Gasteiger partial charge is 0.343 e. The van der Waals surface area contributed by atoms with Gasteiger partial charge in [0.1, 0.15) is 12.4 Å². The molecule has 4 heterocycles. The summed E-state index contributed by atoms with van der Waals surface area (Å²) < 4.78 is 21.7.